The van der Waals surface area contributed by atoms with Gasteiger partial charge in [0.15, 0.2) is 0 Å². The molecule has 0 heterocycles. The van der Waals surface area contributed by atoms with Gasteiger partial charge in [-0.1, -0.05) is 26.0 Å². The predicted octanol–water partition coefficient (Wildman–Crippen LogP) is 2.06. The summed E-state index contributed by atoms with van der Waals surface area (Å²) in [6.07, 6.45) is 0. The quantitative estimate of drug-likeness (QED) is 0.844. The summed E-state index contributed by atoms with van der Waals surface area (Å²) < 4.78 is 12.9. The predicted molar refractivity (Wildman–Crippen MR) is 68.7 cm³/mol. The second-order valence-electron chi connectivity index (χ2n) is 4.87. The van der Waals surface area contributed by atoms with Gasteiger partial charge in [-0.3, -0.25) is 4.79 Å². The highest BCUT2D eigenvalue weighted by Gasteiger charge is 2.24. The minimum absolute atomic E-state index is 0.0972. The van der Waals surface area contributed by atoms with E-state index in [9.17, 15) is 9.18 Å². The van der Waals surface area contributed by atoms with Gasteiger partial charge in [-0.15, -0.1) is 0 Å². The molecule has 0 aliphatic rings. The molecule has 0 fully saturated rings. The van der Waals surface area contributed by atoms with Gasteiger partial charge in [0.2, 0.25) is 5.91 Å². The van der Waals surface area contributed by atoms with E-state index in [1.165, 1.54) is 12.1 Å². The summed E-state index contributed by atoms with van der Waals surface area (Å²) in [6.45, 7) is 5.52. The molecule has 4 heteroatoms. The minimum Gasteiger partial charge on any atom is -0.394 e. The van der Waals surface area contributed by atoms with E-state index >= 15 is 0 Å². The van der Waals surface area contributed by atoms with Crippen LogP contribution in [0.1, 0.15) is 32.3 Å². The van der Waals surface area contributed by atoms with Gasteiger partial charge in [-0.2, -0.15) is 0 Å². The van der Waals surface area contributed by atoms with Crippen LogP contribution in [-0.2, 0) is 4.79 Å². The summed E-state index contributed by atoms with van der Waals surface area (Å²) in [6, 6.07) is 5.69. The Bertz CT molecular complexity index is 389. The van der Waals surface area contributed by atoms with E-state index in [1.807, 2.05) is 13.8 Å². The van der Waals surface area contributed by atoms with Crippen molar-refractivity contribution in [3.8, 4) is 0 Å². The fraction of sp³-hybridized carbons (Fsp3) is 0.500. The first-order valence-electron chi connectivity index (χ1n) is 6.12. The van der Waals surface area contributed by atoms with Crippen molar-refractivity contribution < 1.29 is 14.3 Å². The van der Waals surface area contributed by atoms with Gasteiger partial charge in [-0.25, -0.2) is 4.39 Å². The van der Waals surface area contributed by atoms with Crippen LogP contribution < -0.4 is 5.32 Å². The van der Waals surface area contributed by atoms with E-state index in [0.29, 0.717) is 0 Å². The molecule has 2 atom stereocenters. The fourth-order valence-electron chi connectivity index (χ4n) is 1.89. The molecular formula is C14H20FNO2. The van der Waals surface area contributed by atoms with E-state index in [4.69, 9.17) is 5.11 Å². The van der Waals surface area contributed by atoms with Gasteiger partial charge in [0.25, 0.3) is 0 Å². The number of aliphatic hydroxyl groups is 1. The number of rotatable bonds is 5. The molecule has 0 aromatic heterocycles. The Morgan fingerprint density at radius 3 is 2.28 bits per heavy atom. The van der Waals surface area contributed by atoms with Crippen LogP contribution in [-0.4, -0.2) is 23.7 Å². The third-order valence-electron chi connectivity index (χ3n) is 2.84. The maximum Gasteiger partial charge on any atom is 0.228 e. The average molecular weight is 253 g/mol. The number of carbonyl (C=O) groups is 1. The maximum absolute atomic E-state index is 12.9. The standard InChI is InChI=1S/C14H20FNO2/c1-9(2)13(14(18)16-10(3)8-17)11-4-6-12(15)7-5-11/h4-7,9-10,13,17H,8H2,1-3H3,(H,16,18)/t10-,13?/m0/s1. The fourth-order valence-corrected chi connectivity index (χ4v) is 1.89. The molecule has 0 spiro atoms. The Hall–Kier alpha value is -1.42. The highest BCUT2D eigenvalue weighted by atomic mass is 19.1. The lowest BCUT2D eigenvalue weighted by atomic mass is 9.87. The summed E-state index contributed by atoms with van der Waals surface area (Å²) in [5, 5.41) is 11.7. The van der Waals surface area contributed by atoms with E-state index in [0.717, 1.165) is 5.56 Å². The largest absolute Gasteiger partial charge is 0.394 e. The van der Waals surface area contributed by atoms with Crippen LogP contribution in [0.15, 0.2) is 24.3 Å². The molecule has 0 saturated carbocycles. The lowest BCUT2D eigenvalue weighted by molar-refractivity contribution is -0.124. The zero-order chi connectivity index (χ0) is 13.7. The van der Waals surface area contributed by atoms with Gasteiger partial charge >= 0.3 is 0 Å². The molecule has 18 heavy (non-hydrogen) atoms. The van der Waals surface area contributed by atoms with Crippen molar-refractivity contribution >= 4 is 5.91 Å². The number of hydrogen-bond acceptors (Lipinski definition) is 2. The van der Waals surface area contributed by atoms with Gasteiger partial charge in [0.05, 0.1) is 12.5 Å². The molecule has 1 unspecified atom stereocenters. The molecule has 1 aromatic rings. The highest BCUT2D eigenvalue weighted by molar-refractivity contribution is 5.84. The van der Waals surface area contributed by atoms with Crippen LogP contribution >= 0.6 is 0 Å². The number of hydrogen-bond donors (Lipinski definition) is 2. The summed E-state index contributed by atoms with van der Waals surface area (Å²) in [5.41, 5.74) is 0.786. The van der Waals surface area contributed by atoms with Crippen LogP contribution in [0, 0.1) is 11.7 Å². The number of benzene rings is 1. The van der Waals surface area contributed by atoms with Crippen molar-refractivity contribution in [2.75, 3.05) is 6.61 Å². The molecule has 1 rings (SSSR count). The Balaban J connectivity index is 2.89. The summed E-state index contributed by atoms with van der Waals surface area (Å²) in [5.74, 6) is -0.690. The third-order valence-corrected chi connectivity index (χ3v) is 2.84. The van der Waals surface area contributed by atoms with Crippen LogP contribution in [0.3, 0.4) is 0 Å². The Kier molecular flexibility index (Phi) is 5.28. The molecule has 0 saturated heterocycles. The molecule has 1 amide bonds. The van der Waals surface area contributed by atoms with Crippen LogP contribution in [0.2, 0.25) is 0 Å². The summed E-state index contributed by atoms with van der Waals surface area (Å²) in [7, 11) is 0. The number of amides is 1. The SMILES string of the molecule is CC(C)C(C(=O)N[C@@H](C)CO)c1ccc(F)cc1. The van der Waals surface area contributed by atoms with Crippen molar-refractivity contribution in [1.82, 2.24) is 5.32 Å². The van der Waals surface area contributed by atoms with Crippen molar-refractivity contribution in [2.24, 2.45) is 5.92 Å². The normalized spacial score (nSPS) is 14.3. The first kappa shape index (κ1) is 14.6. The lowest BCUT2D eigenvalue weighted by Gasteiger charge is -2.22. The zero-order valence-corrected chi connectivity index (χ0v) is 11.0. The van der Waals surface area contributed by atoms with Gasteiger partial charge in [0.1, 0.15) is 5.82 Å². The molecule has 0 aliphatic heterocycles. The van der Waals surface area contributed by atoms with Crippen molar-refractivity contribution in [2.45, 2.75) is 32.7 Å². The molecular weight excluding hydrogens is 233 g/mol. The van der Waals surface area contributed by atoms with Gasteiger partial charge in [0, 0.05) is 6.04 Å². The van der Waals surface area contributed by atoms with E-state index in [-0.39, 0.29) is 36.2 Å². The number of nitrogens with one attached hydrogen (secondary N) is 1. The topological polar surface area (TPSA) is 49.3 Å². The first-order valence-corrected chi connectivity index (χ1v) is 6.12. The molecule has 2 N–H and O–H groups in total. The van der Waals surface area contributed by atoms with Crippen molar-refractivity contribution in [1.29, 1.82) is 0 Å². The monoisotopic (exact) mass is 253 g/mol. The zero-order valence-electron chi connectivity index (χ0n) is 11.0. The second-order valence-corrected chi connectivity index (χ2v) is 4.87. The molecule has 0 aliphatic carbocycles. The Labute approximate surface area is 107 Å². The Morgan fingerprint density at radius 1 is 1.28 bits per heavy atom. The van der Waals surface area contributed by atoms with Gasteiger partial charge < -0.3 is 10.4 Å². The number of aliphatic hydroxyl groups excluding tert-OH is 1. The maximum atomic E-state index is 12.9. The second kappa shape index (κ2) is 6.50. The molecule has 0 bridgehead atoms. The number of halogens is 1. The highest BCUT2D eigenvalue weighted by Crippen LogP contribution is 2.25. The summed E-state index contributed by atoms with van der Waals surface area (Å²) in [4.78, 5) is 12.1. The Morgan fingerprint density at radius 2 is 1.83 bits per heavy atom. The van der Waals surface area contributed by atoms with Crippen LogP contribution in [0.25, 0.3) is 0 Å². The summed E-state index contributed by atoms with van der Waals surface area (Å²) >= 11 is 0. The minimum atomic E-state index is -0.334. The molecule has 0 radical (unpaired) electrons. The lowest BCUT2D eigenvalue weighted by Crippen LogP contribution is -2.39. The molecule has 100 valence electrons. The molecule has 1 aromatic carbocycles. The van der Waals surface area contributed by atoms with Gasteiger partial charge in [-0.05, 0) is 30.5 Å². The van der Waals surface area contributed by atoms with E-state index in [2.05, 4.69) is 5.32 Å². The van der Waals surface area contributed by atoms with E-state index < -0.39 is 0 Å². The van der Waals surface area contributed by atoms with Crippen LogP contribution in [0.5, 0.6) is 0 Å². The molecule has 3 nitrogen and oxygen atoms in total. The smallest absolute Gasteiger partial charge is 0.228 e. The van der Waals surface area contributed by atoms with Crippen LogP contribution in [0.4, 0.5) is 4.39 Å². The average Bonchev–Trinajstić information content (AvgIpc) is 2.31. The van der Waals surface area contributed by atoms with Crippen molar-refractivity contribution in [3.05, 3.63) is 35.6 Å². The first-order chi connectivity index (χ1) is 8.45. The van der Waals surface area contributed by atoms with Crippen molar-refractivity contribution in [3.63, 3.8) is 0 Å². The number of carbonyl (C=O) groups excluding carboxylic acids is 1. The van der Waals surface area contributed by atoms with E-state index in [1.54, 1.807) is 19.1 Å². The third kappa shape index (κ3) is 3.81.